The van der Waals surface area contributed by atoms with E-state index in [2.05, 4.69) is 36.9 Å². The lowest BCUT2D eigenvalue weighted by molar-refractivity contribution is 0.0611. The number of amides is 1. The average molecular weight is 674 g/mol. The van der Waals surface area contributed by atoms with Crippen LogP contribution in [-0.2, 0) is 11.3 Å². The van der Waals surface area contributed by atoms with Gasteiger partial charge in [-0.2, -0.15) is 0 Å². The highest BCUT2D eigenvalue weighted by molar-refractivity contribution is 9.11. The predicted octanol–water partition coefficient (Wildman–Crippen LogP) is 4.68. The lowest BCUT2D eigenvalue weighted by Crippen LogP contribution is -2.40. The van der Waals surface area contributed by atoms with Crippen molar-refractivity contribution in [1.29, 1.82) is 0 Å². The number of carbonyl (C=O) groups is 1. The van der Waals surface area contributed by atoms with Gasteiger partial charge in [-0.05, 0) is 60.2 Å². The first-order valence-electron chi connectivity index (χ1n) is 14.6. The Hall–Kier alpha value is -4.65. The van der Waals surface area contributed by atoms with Crippen LogP contribution in [0, 0.1) is 5.92 Å². The van der Waals surface area contributed by atoms with Gasteiger partial charge in [-0.25, -0.2) is 4.98 Å². The minimum Gasteiger partial charge on any atom is -0.504 e. The number of halogens is 1. The first kappa shape index (κ1) is 30.4. The molecule has 1 fully saturated rings. The van der Waals surface area contributed by atoms with Gasteiger partial charge >= 0.3 is 0 Å². The molecule has 2 aliphatic rings. The molecule has 2 aromatic heterocycles. The molecule has 4 aromatic rings. The molecule has 0 aliphatic carbocycles. The van der Waals surface area contributed by atoms with Crippen LogP contribution in [0.5, 0.6) is 11.5 Å². The molecule has 11 nitrogen and oxygen atoms in total. The summed E-state index contributed by atoms with van der Waals surface area (Å²) >= 11 is 3.45. The van der Waals surface area contributed by atoms with Crippen molar-refractivity contribution in [3.8, 4) is 33.8 Å². The number of carbonyl (C=O) groups excluding carboxylic acids is 1. The molecule has 2 aromatic carbocycles. The van der Waals surface area contributed by atoms with Crippen LogP contribution in [0.1, 0.15) is 34.9 Å². The van der Waals surface area contributed by atoms with Gasteiger partial charge in [-0.1, -0.05) is 34.1 Å². The molecule has 0 bridgehead atoms. The van der Waals surface area contributed by atoms with Crippen LogP contribution in [0.4, 0.5) is 11.5 Å². The van der Waals surface area contributed by atoms with Crippen molar-refractivity contribution in [2.24, 2.45) is 5.92 Å². The van der Waals surface area contributed by atoms with E-state index < -0.39 is 12.1 Å². The Kier molecular flexibility index (Phi) is 8.87. The van der Waals surface area contributed by atoms with Gasteiger partial charge in [0.05, 0.1) is 5.56 Å². The maximum atomic E-state index is 13.6. The van der Waals surface area contributed by atoms with Crippen molar-refractivity contribution in [2.75, 3.05) is 30.8 Å². The summed E-state index contributed by atoms with van der Waals surface area (Å²) in [4.78, 5) is 31.5. The summed E-state index contributed by atoms with van der Waals surface area (Å²) in [5.74, 6) is -0.245. The van der Waals surface area contributed by atoms with Crippen LogP contribution < -0.4 is 27.1 Å². The molecule has 1 amide bonds. The average Bonchev–Trinajstić information content (AvgIpc) is 3.05. The van der Waals surface area contributed by atoms with E-state index in [1.807, 2.05) is 23.0 Å². The normalized spacial score (nSPS) is 16.9. The number of phenols is 2. The molecule has 1 unspecified atom stereocenters. The number of aromatic nitrogens is 2. The second kappa shape index (κ2) is 13.1. The van der Waals surface area contributed by atoms with Crippen LogP contribution in [0.25, 0.3) is 22.3 Å². The van der Waals surface area contributed by atoms with Crippen molar-refractivity contribution >= 4 is 33.3 Å². The predicted molar refractivity (Wildman–Crippen MR) is 176 cm³/mol. The van der Waals surface area contributed by atoms with Gasteiger partial charge in [-0.15, -0.1) is 0 Å². The standard InChI is InChI=1S/C33H33BrN6O5/c34-23-14-37-32(38-15-23)26-17-40(16-19-7-9-45-10-8-19)18-27(30(26)43)33(44)39-24-4-1-20(2-5-24)25-11-22(13-36-31(25)35)21-3-6-28(41)29(42)12-21/h1-6,11-14,17-19,32,37-38,41-42H,7-10,15-16H2,(H2,35,36)(H,39,44). The summed E-state index contributed by atoms with van der Waals surface area (Å²) < 4.78 is 8.38. The Balaban J connectivity index is 1.25. The number of phenolic OH excluding ortho intramolecular Hbond substituents is 2. The molecule has 6 rings (SSSR count). The van der Waals surface area contributed by atoms with Gasteiger partial charge in [0.25, 0.3) is 5.91 Å². The number of pyridine rings is 2. The number of rotatable bonds is 7. The first-order chi connectivity index (χ1) is 21.7. The highest BCUT2D eigenvalue weighted by Gasteiger charge is 2.24. The monoisotopic (exact) mass is 672 g/mol. The highest BCUT2D eigenvalue weighted by Crippen LogP contribution is 2.34. The van der Waals surface area contributed by atoms with Crippen LogP contribution in [-0.4, -0.2) is 45.4 Å². The van der Waals surface area contributed by atoms with Crippen LogP contribution in [0.3, 0.4) is 0 Å². The number of nitrogen functional groups attached to an aromatic ring is 1. The fourth-order valence-electron chi connectivity index (χ4n) is 5.54. The minimum atomic E-state index is -0.502. The van der Waals surface area contributed by atoms with Crippen molar-refractivity contribution in [2.45, 2.75) is 25.6 Å². The van der Waals surface area contributed by atoms with E-state index in [1.54, 1.807) is 42.7 Å². The van der Waals surface area contributed by atoms with E-state index in [4.69, 9.17) is 10.5 Å². The SMILES string of the molecule is Nc1ncc(-c2ccc(O)c(O)c2)cc1-c1ccc(NC(=O)c2cn(CC3CCOCC3)cc(C3NC=C(Br)CN3)c2=O)cc1. The third-order valence-corrected chi connectivity index (χ3v) is 8.54. The van der Waals surface area contributed by atoms with Crippen molar-refractivity contribution in [1.82, 2.24) is 20.2 Å². The maximum Gasteiger partial charge on any atom is 0.261 e. The van der Waals surface area contributed by atoms with Gasteiger partial charge in [0.2, 0.25) is 5.43 Å². The maximum absolute atomic E-state index is 13.6. The zero-order valence-electron chi connectivity index (χ0n) is 24.3. The Morgan fingerprint density at radius 2 is 1.80 bits per heavy atom. The lowest BCUT2D eigenvalue weighted by atomic mass is 10.00. The van der Waals surface area contributed by atoms with Crippen LogP contribution in [0.2, 0.25) is 0 Å². The van der Waals surface area contributed by atoms with E-state index in [0.717, 1.165) is 22.9 Å². The molecule has 1 atom stereocenters. The van der Waals surface area contributed by atoms with Crippen LogP contribution >= 0.6 is 15.9 Å². The third kappa shape index (κ3) is 6.88. The summed E-state index contributed by atoms with van der Waals surface area (Å²) in [6.45, 7) is 2.65. The van der Waals surface area contributed by atoms with Crippen molar-refractivity contribution in [3.05, 3.63) is 99.2 Å². The van der Waals surface area contributed by atoms with Gasteiger partial charge < -0.3 is 35.9 Å². The number of anilines is 2. The van der Waals surface area contributed by atoms with Crippen molar-refractivity contribution in [3.63, 3.8) is 0 Å². The number of nitrogens with zero attached hydrogens (tertiary/aromatic N) is 2. The van der Waals surface area contributed by atoms with Gasteiger partial charge in [-0.3, -0.25) is 14.9 Å². The topological polar surface area (TPSA) is 164 Å². The molecule has 0 radical (unpaired) electrons. The number of ether oxygens (including phenoxy) is 1. The Bertz CT molecular complexity index is 1820. The Morgan fingerprint density at radius 1 is 1.04 bits per heavy atom. The summed E-state index contributed by atoms with van der Waals surface area (Å²) in [5, 5.41) is 28.9. The first-order valence-corrected chi connectivity index (χ1v) is 15.4. The molecule has 232 valence electrons. The molecule has 7 N–H and O–H groups in total. The molecule has 45 heavy (non-hydrogen) atoms. The molecule has 0 saturated carbocycles. The quantitative estimate of drug-likeness (QED) is 0.153. The highest BCUT2D eigenvalue weighted by atomic mass is 79.9. The molecular formula is C33H33BrN6O5. The summed E-state index contributed by atoms with van der Waals surface area (Å²) in [6.07, 6.45) is 8.27. The lowest BCUT2D eigenvalue weighted by Gasteiger charge is -2.26. The fourth-order valence-corrected chi connectivity index (χ4v) is 5.83. The van der Waals surface area contributed by atoms with Gasteiger partial charge in [0.15, 0.2) is 11.5 Å². The Morgan fingerprint density at radius 3 is 2.51 bits per heavy atom. The van der Waals surface area contributed by atoms with E-state index >= 15 is 0 Å². The van der Waals surface area contributed by atoms with E-state index in [9.17, 15) is 19.8 Å². The summed E-state index contributed by atoms with van der Waals surface area (Å²) in [6, 6.07) is 13.5. The van der Waals surface area contributed by atoms with E-state index in [-0.39, 0.29) is 22.5 Å². The number of nitrogens with two attached hydrogens (primary N) is 1. The second-order valence-electron chi connectivity index (χ2n) is 11.2. The Labute approximate surface area is 267 Å². The molecule has 4 heterocycles. The molecular weight excluding hydrogens is 640 g/mol. The fraction of sp³-hybridized carbons (Fsp3) is 0.242. The smallest absolute Gasteiger partial charge is 0.261 e. The largest absolute Gasteiger partial charge is 0.504 e. The van der Waals surface area contributed by atoms with Gasteiger partial charge in [0.1, 0.15) is 17.5 Å². The third-order valence-electron chi connectivity index (χ3n) is 8.03. The number of hydrogen-bond acceptors (Lipinski definition) is 9. The molecule has 1 saturated heterocycles. The number of benzene rings is 2. The minimum absolute atomic E-state index is 0.0548. The molecule has 2 aliphatic heterocycles. The second-order valence-corrected chi connectivity index (χ2v) is 12.2. The number of aromatic hydroxyl groups is 2. The summed E-state index contributed by atoms with van der Waals surface area (Å²) in [5.41, 5.74) is 9.67. The van der Waals surface area contributed by atoms with E-state index in [1.165, 1.54) is 12.1 Å². The zero-order valence-corrected chi connectivity index (χ0v) is 25.9. The molecule has 0 spiro atoms. The van der Waals surface area contributed by atoms with Crippen LogP contribution in [0.15, 0.2) is 82.6 Å². The van der Waals surface area contributed by atoms with Crippen molar-refractivity contribution < 1.29 is 19.7 Å². The molecule has 12 heteroatoms. The number of hydrogen-bond donors (Lipinski definition) is 6. The van der Waals surface area contributed by atoms with E-state index in [0.29, 0.717) is 66.0 Å². The van der Waals surface area contributed by atoms with Gasteiger partial charge in [0, 0.05) is 72.4 Å². The summed E-state index contributed by atoms with van der Waals surface area (Å²) in [7, 11) is 0. The zero-order chi connectivity index (χ0) is 31.5. The number of nitrogens with one attached hydrogen (secondary N) is 3.